The molecule has 0 saturated carbocycles. The smallest absolute Gasteiger partial charge is 0.267 e. The van der Waals surface area contributed by atoms with E-state index in [4.69, 9.17) is 0 Å². The van der Waals surface area contributed by atoms with Crippen LogP contribution < -0.4 is 0 Å². The first-order valence-electron chi connectivity index (χ1n) is 7.99. The summed E-state index contributed by atoms with van der Waals surface area (Å²) in [6.07, 6.45) is 10.7. The van der Waals surface area contributed by atoms with Gasteiger partial charge in [-0.3, -0.25) is 4.55 Å². The molecule has 0 rings (SSSR count). The first-order chi connectivity index (χ1) is 9.38. The second kappa shape index (κ2) is 11.5. The van der Waals surface area contributed by atoms with Crippen molar-refractivity contribution < 1.29 is 13.0 Å². The number of unbranched alkanes of at least 4 members (excludes halogenated alkanes) is 7. The molecule has 0 saturated heterocycles. The third-order valence-electron chi connectivity index (χ3n) is 3.70. The lowest BCUT2D eigenvalue weighted by atomic mass is 10.1. The van der Waals surface area contributed by atoms with E-state index in [-0.39, 0.29) is 0 Å². The molecule has 0 heterocycles. The van der Waals surface area contributed by atoms with Gasteiger partial charge in [-0.25, -0.2) is 0 Å². The van der Waals surface area contributed by atoms with E-state index in [1.54, 1.807) is 0 Å². The lowest BCUT2D eigenvalue weighted by Gasteiger charge is -2.16. The van der Waals surface area contributed by atoms with Gasteiger partial charge in [0, 0.05) is 0 Å². The van der Waals surface area contributed by atoms with Crippen molar-refractivity contribution >= 4 is 10.1 Å². The van der Waals surface area contributed by atoms with Gasteiger partial charge < -0.3 is 4.90 Å². The van der Waals surface area contributed by atoms with Crippen LogP contribution in [-0.4, -0.2) is 43.8 Å². The van der Waals surface area contributed by atoms with E-state index in [0.29, 0.717) is 19.4 Å². The molecule has 0 aromatic carbocycles. The van der Waals surface area contributed by atoms with Gasteiger partial charge in [0.25, 0.3) is 10.1 Å². The fraction of sp³-hybridized carbons (Fsp3) is 1.00. The fourth-order valence-electron chi connectivity index (χ4n) is 2.35. The van der Waals surface area contributed by atoms with Crippen molar-refractivity contribution in [3.05, 3.63) is 0 Å². The highest BCUT2D eigenvalue weighted by Gasteiger charge is 2.22. The Balaban J connectivity index is 3.75. The van der Waals surface area contributed by atoms with Gasteiger partial charge >= 0.3 is 0 Å². The highest BCUT2D eigenvalue weighted by atomic mass is 32.2. The normalized spacial score (nSPS) is 13.8. The third kappa shape index (κ3) is 11.7. The number of hydrogen-bond donors (Lipinski definition) is 1. The Bertz CT molecular complexity index is 315. The molecule has 0 aliphatic carbocycles. The summed E-state index contributed by atoms with van der Waals surface area (Å²) in [5.74, 6) is 0. The van der Waals surface area contributed by atoms with Gasteiger partial charge in [-0.2, -0.15) is 8.42 Å². The molecule has 0 amide bonds. The van der Waals surface area contributed by atoms with E-state index in [2.05, 4.69) is 6.92 Å². The second-order valence-electron chi connectivity index (χ2n) is 5.99. The van der Waals surface area contributed by atoms with E-state index in [0.717, 1.165) is 12.8 Å². The summed E-state index contributed by atoms with van der Waals surface area (Å²) in [5.41, 5.74) is 0. The Labute approximate surface area is 125 Å². The standard InChI is InChI=1S/C15H33NO3S/c1-4-5-6-7-8-9-10-11-12-15(20(17,18)19)13-14-16(2)3/h15H,4-14H2,1-3H3,(H,17,18,19). The van der Waals surface area contributed by atoms with Crippen LogP contribution in [-0.2, 0) is 10.1 Å². The van der Waals surface area contributed by atoms with Crippen LogP contribution >= 0.6 is 0 Å². The molecule has 1 N–H and O–H groups in total. The van der Waals surface area contributed by atoms with Crippen molar-refractivity contribution in [3.8, 4) is 0 Å². The number of hydrogen-bond acceptors (Lipinski definition) is 3. The summed E-state index contributed by atoms with van der Waals surface area (Å²) in [4.78, 5) is 1.95. The molecule has 0 aliphatic heterocycles. The Morgan fingerprint density at radius 1 is 0.900 bits per heavy atom. The zero-order valence-corrected chi connectivity index (χ0v) is 14.3. The predicted molar refractivity (Wildman–Crippen MR) is 85.7 cm³/mol. The van der Waals surface area contributed by atoms with Crippen LogP contribution in [0.4, 0.5) is 0 Å². The summed E-state index contributed by atoms with van der Waals surface area (Å²) < 4.78 is 31.9. The molecule has 122 valence electrons. The molecule has 5 heteroatoms. The van der Waals surface area contributed by atoms with E-state index >= 15 is 0 Å². The Morgan fingerprint density at radius 2 is 1.40 bits per heavy atom. The lowest BCUT2D eigenvalue weighted by Crippen LogP contribution is -2.26. The largest absolute Gasteiger partial charge is 0.309 e. The molecule has 0 bridgehead atoms. The van der Waals surface area contributed by atoms with Gasteiger partial charge in [-0.1, -0.05) is 58.3 Å². The van der Waals surface area contributed by atoms with Crippen molar-refractivity contribution in [2.45, 2.75) is 76.4 Å². The zero-order valence-electron chi connectivity index (χ0n) is 13.5. The van der Waals surface area contributed by atoms with Gasteiger partial charge in [0.05, 0.1) is 5.25 Å². The molecule has 1 unspecified atom stereocenters. The molecule has 20 heavy (non-hydrogen) atoms. The Morgan fingerprint density at radius 3 is 1.85 bits per heavy atom. The Hall–Kier alpha value is -0.130. The molecule has 0 aliphatic rings. The minimum atomic E-state index is -3.89. The maximum absolute atomic E-state index is 11.3. The monoisotopic (exact) mass is 307 g/mol. The number of nitrogens with zero attached hydrogens (tertiary/aromatic N) is 1. The first-order valence-corrected chi connectivity index (χ1v) is 9.49. The van der Waals surface area contributed by atoms with Crippen molar-refractivity contribution in [1.82, 2.24) is 4.90 Å². The molecule has 4 nitrogen and oxygen atoms in total. The number of rotatable bonds is 13. The molecule has 0 fully saturated rings. The maximum Gasteiger partial charge on any atom is 0.267 e. The quantitative estimate of drug-likeness (QED) is 0.416. The van der Waals surface area contributed by atoms with Crippen LogP contribution in [0.25, 0.3) is 0 Å². The van der Waals surface area contributed by atoms with Gasteiger partial charge in [0.2, 0.25) is 0 Å². The fourth-order valence-corrected chi connectivity index (χ4v) is 3.22. The van der Waals surface area contributed by atoms with Crippen LogP contribution in [0.3, 0.4) is 0 Å². The summed E-state index contributed by atoms with van der Waals surface area (Å²) in [6, 6.07) is 0. The third-order valence-corrected chi connectivity index (χ3v) is 5.01. The van der Waals surface area contributed by atoms with Gasteiger partial charge in [-0.05, 0) is 33.5 Å². The van der Waals surface area contributed by atoms with E-state index in [1.165, 1.54) is 38.5 Å². The Kier molecular flexibility index (Phi) is 11.4. The first kappa shape index (κ1) is 19.9. The lowest BCUT2D eigenvalue weighted by molar-refractivity contribution is 0.377. The minimum Gasteiger partial charge on any atom is -0.309 e. The van der Waals surface area contributed by atoms with Crippen molar-refractivity contribution in [2.75, 3.05) is 20.6 Å². The van der Waals surface area contributed by atoms with Crippen molar-refractivity contribution in [3.63, 3.8) is 0 Å². The second-order valence-corrected chi connectivity index (χ2v) is 7.69. The molecular formula is C15H33NO3S. The van der Waals surface area contributed by atoms with E-state index in [9.17, 15) is 13.0 Å². The average Bonchev–Trinajstić information content (AvgIpc) is 2.34. The van der Waals surface area contributed by atoms with Crippen LogP contribution in [0, 0.1) is 0 Å². The summed E-state index contributed by atoms with van der Waals surface area (Å²) in [6.45, 7) is 2.91. The van der Waals surface area contributed by atoms with Crippen LogP contribution in [0.5, 0.6) is 0 Å². The highest BCUT2D eigenvalue weighted by molar-refractivity contribution is 7.86. The van der Waals surface area contributed by atoms with Crippen molar-refractivity contribution in [2.24, 2.45) is 0 Å². The highest BCUT2D eigenvalue weighted by Crippen LogP contribution is 2.16. The van der Waals surface area contributed by atoms with Gasteiger partial charge in [-0.15, -0.1) is 0 Å². The van der Waals surface area contributed by atoms with Gasteiger partial charge in [0.15, 0.2) is 0 Å². The minimum absolute atomic E-state index is 0.516. The molecular weight excluding hydrogens is 274 g/mol. The summed E-state index contributed by atoms with van der Waals surface area (Å²) in [5, 5.41) is -0.593. The predicted octanol–water partition coefficient (Wildman–Crippen LogP) is 3.73. The average molecular weight is 308 g/mol. The van der Waals surface area contributed by atoms with E-state index in [1.807, 2.05) is 19.0 Å². The van der Waals surface area contributed by atoms with Crippen LogP contribution in [0.15, 0.2) is 0 Å². The van der Waals surface area contributed by atoms with Crippen molar-refractivity contribution in [1.29, 1.82) is 0 Å². The van der Waals surface area contributed by atoms with Crippen LogP contribution in [0.1, 0.15) is 71.1 Å². The zero-order chi connectivity index (χ0) is 15.4. The SMILES string of the molecule is CCCCCCCCCCC(CCN(C)C)S(=O)(=O)O. The molecule has 0 aromatic heterocycles. The van der Waals surface area contributed by atoms with E-state index < -0.39 is 15.4 Å². The molecule has 0 spiro atoms. The topological polar surface area (TPSA) is 57.6 Å². The maximum atomic E-state index is 11.3. The summed E-state index contributed by atoms with van der Waals surface area (Å²) >= 11 is 0. The molecule has 0 radical (unpaired) electrons. The molecule has 1 atom stereocenters. The van der Waals surface area contributed by atoms with Crippen LogP contribution in [0.2, 0.25) is 0 Å². The molecule has 0 aromatic rings. The van der Waals surface area contributed by atoms with Gasteiger partial charge in [0.1, 0.15) is 0 Å². The summed E-state index contributed by atoms with van der Waals surface area (Å²) in [7, 11) is -0.0639.